The third kappa shape index (κ3) is 2.48. The molecule has 0 aliphatic carbocycles. The summed E-state index contributed by atoms with van der Waals surface area (Å²) in [5, 5.41) is 2.96. The van der Waals surface area contributed by atoms with Crippen LogP contribution < -0.4 is 5.73 Å². The summed E-state index contributed by atoms with van der Waals surface area (Å²) < 4.78 is 0. The van der Waals surface area contributed by atoms with Crippen LogP contribution in [0.1, 0.15) is 17.7 Å². The van der Waals surface area contributed by atoms with Crippen LogP contribution >= 0.6 is 22.9 Å². The van der Waals surface area contributed by atoms with Gasteiger partial charge >= 0.3 is 0 Å². The van der Waals surface area contributed by atoms with Crippen LogP contribution in [0.3, 0.4) is 0 Å². The lowest BCUT2D eigenvalue weighted by Crippen LogP contribution is -2.39. The molecule has 0 unspecified atom stereocenters. The Morgan fingerprint density at radius 1 is 1.50 bits per heavy atom. The number of hydrogen-bond acceptors (Lipinski definition) is 3. The molecular formula is C10H15ClN2S. The van der Waals surface area contributed by atoms with Crippen molar-refractivity contribution >= 4 is 22.9 Å². The minimum Gasteiger partial charge on any atom is -0.328 e. The molecule has 2 N–H and O–H groups in total. The average Bonchev–Trinajstić information content (AvgIpc) is 2.56. The van der Waals surface area contributed by atoms with Gasteiger partial charge in [-0.15, -0.1) is 11.3 Å². The van der Waals surface area contributed by atoms with Crippen molar-refractivity contribution in [2.24, 2.45) is 5.73 Å². The van der Waals surface area contributed by atoms with Gasteiger partial charge in [0.25, 0.3) is 0 Å². The summed E-state index contributed by atoms with van der Waals surface area (Å²) in [5.41, 5.74) is 5.85. The summed E-state index contributed by atoms with van der Waals surface area (Å²) in [6, 6.07) is 2.38. The molecule has 0 aromatic carbocycles. The first-order chi connectivity index (χ1) is 6.75. The maximum atomic E-state index is 6.05. The Morgan fingerprint density at radius 3 is 2.79 bits per heavy atom. The van der Waals surface area contributed by atoms with Gasteiger partial charge in [-0.05, 0) is 37.4 Å². The van der Waals surface area contributed by atoms with Crippen LogP contribution in [0.2, 0.25) is 5.02 Å². The Hall–Kier alpha value is -0.0900. The molecule has 1 aromatic heterocycles. The smallest absolute Gasteiger partial charge is 0.0558 e. The molecule has 0 saturated carbocycles. The molecule has 2 nitrogen and oxygen atoms in total. The van der Waals surface area contributed by atoms with Crippen molar-refractivity contribution in [1.82, 2.24) is 4.90 Å². The summed E-state index contributed by atoms with van der Waals surface area (Å²) >= 11 is 7.79. The van der Waals surface area contributed by atoms with Crippen molar-refractivity contribution in [3.05, 3.63) is 21.3 Å². The van der Waals surface area contributed by atoms with E-state index >= 15 is 0 Å². The topological polar surface area (TPSA) is 29.3 Å². The maximum absolute atomic E-state index is 6.05. The Kier molecular flexibility index (Phi) is 3.44. The zero-order valence-electron chi connectivity index (χ0n) is 8.08. The first-order valence-electron chi connectivity index (χ1n) is 4.95. The molecule has 2 rings (SSSR count). The lowest BCUT2D eigenvalue weighted by Gasteiger charge is -2.29. The summed E-state index contributed by atoms with van der Waals surface area (Å²) in [7, 11) is 0. The minimum absolute atomic E-state index is 0.407. The van der Waals surface area contributed by atoms with Crippen LogP contribution in [0, 0.1) is 0 Å². The number of hydrogen-bond donors (Lipinski definition) is 1. The summed E-state index contributed by atoms with van der Waals surface area (Å²) in [4.78, 5) is 3.71. The van der Waals surface area contributed by atoms with E-state index in [9.17, 15) is 0 Å². The molecule has 0 atom stereocenters. The van der Waals surface area contributed by atoms with E-state index in [1.54, 1.807) is 11.3 Å². The van der Waals surface area contributed by atoms with E-state index in [2.05, 4.69) is 4.90 Å². The number of rotatable bonds is 2. The molecule has 1 fully saturated rings. The molecule has 1 saturated heterocycles. The minimum atomic E-state index is 0.407. The third-order valence-electron chi connectivity index (χ3n) is 2.69. The summed E-state index contributed by atoms with van der Waals surface area (Å²) in [6.45, 7) is 3.20. The van der Waals surface area contributed by atoms with Crippen LogP contribution in [-0.2, 0) is 6.54 Å². The first kappa shape index (κ1) is 10.4. The van der Waals surface area contributed by atoms with E-state index in [-0.39, 0.29) is 0 Å². The zero-order valence-corrected chi connectivity index (χ0v) is 9.65. The van der Waals surface area contributed by atoms with Crippen LogP contribution in [0.4, 0.5) is 0 Å². The second-order valence-corrected chi connectivity index (χ2v) is 5.21. The highest BCUT2D eigenvalue weighted by Crippen LogP contribution is 2.24. The van der Waals surface area contributed by atoms with E-state index in [1.165, 1.54) is 4.88 Å². The number of piperidine rings is 1. The number of halogens is 1. The summed E-state index contributed by atoms with van der Waals surface area (Å²) in [5.74, 6) is 0. The van der Waals surface area contributed by atoms with Crippen molar-refractivity contribution in [3.8, 4) is 0 Å². The van der Waals surface area contributed by atoms with Crippen LogP contribution in [0.15, 0.2) is 11.4 Å². The highest BCUT2D eigenvalue weighted by atomic mass is 35.5. The second kappa shape index (κ2) is 4.62. The van der Waals surface area contributed by atoms with Gasteiger partial charge in [0.05, 0.1) is 5.02 Å². The predicted molar refractivity (Wildman–Crippen MR) is 61.8 cm³/mol. The van der Waals surface area contributed by atoms with Gasteiger partial charge in [0.15, 0.2) is 0 Å². The van der Waals surface area contributed by atoms with E-state index in [0.29, 0.717) is 6.04 Å². The Bertz CT molecular complexity index is 292. The lowest BCUT2D eigenvalue weighted by molar-refractivity contribution is 0.207. The molecular weight excluding hydrogens is 216 g/mol. The van der Waals surface area contributed by atoms with Gasteiger partial charge in [0.2, 0.25) is 0 Å². The first-order valence-corrected chi connectivity index (χ1v) is 6.21. The van der Waals surface area contributed by atoms with E-state index in [1.807, 2.05) is 11.4 Å². The van der Waals surface area contributed by atoms with E-state index in [0.717, 1.165) is 37.5 Å². The fraction of sp³-hybridized carbons (Fsp3) is 0.600. The van der Waals surface area contributed by atoms with E-state index < -0.39 is 0 Å². The highest BCUT2D eigenvalue weighted by molar-refractivity contribution is 7.10. The average molecular weight is 231 g/mol. The molecule has 14 heavy (non-hydrogen) atoms. The Morgan fingerprint density at radius 2 is 2.21 bits per heavy atom. The lowest BCUT2D eigenvalue weighted by atomic mass is 10.1. The van der Waals surface area contributed by atoms with Crippen molar-refractivity contribution in [2.45, 2.75) is 25.4 Å². The van der Waals surface area contributed by atoms with Gasteiger partial charge in [0, 0.05) is 17.5 Å². The normalized spacial score (nSPS) is 20.1. The summed E-state index contributed by atoms with van der Waals surface area (Å²) in [6.07, 6.45) is 2.23. The van der Waals surface area contributed by atoms with Crippen molar-refractivity contribution < 1.29 is 0 Å². The number of thiophene rings is 1. The molecule has 2 heterocycles. The Balaban J connectivity index is 1.89. The standard InChI is InChI=1S/C10H15ClN2S/c11-9-3-6-14-10(9)7-13-4-1-8(12)2-5-13/h3,6,8H,1-2,4-5,7,12H2. The van der Waals surface area contributed by atoms with Crippen molar-refractivity contribution in [2.75, 3.05) is 13.1 Å². The third-order valence-corrected chi connectivity index (χ3v) is 4.06. The second-order valence-electron chi connectivity index (χ2n) is 3.81. The molecule has 4 heteroatoms. The number of nitrogens with zero attached hydrogens (tertiary/aromatic N) is 1. The van der Waals surface area contributed by atoms with Gasteiger partial charge < -0.3 is 5.73 Å². The Labute approximate surface area is 93.7 Å². The van der Waals surface area contributed by atoms with Crippen molar-refractivity contribution in [1.29, 1.82) is 0 Å². The zero-order chi connectivity index (χ0) is 9.97. The SMILES string of the molecule is NC1CCN(Cc2sccc2Cl)CC1. The van der Waals surface area contributed by atoms with Gasteiger partial charge in [0.1, 0.15) is 0 Å². The van der Waals surface area contributed by atoms with Gasteiger partial charge in [-0.3, -0.25) is 4.90 Å². The van der Waals surface area contributed by atoms with Crippen molar-refractivity contribution in [3.63, 3.8) is 0 Å². The molecule has 78 valence electrons. The van der Waals surface area contributed by atoms with Crippen LogP contribution in [0.5, 0.6) is 0 Å². The van der Waals surface area contributed by atoms with Gasteiger partial charge in [-0.2, -0.15) is 0 Å². The molecule has 1 aliphatic heterocycles. The maximum Gasteiger partial charge on any atom is 0.0558 e. The molecule has 0 bridgehead atoms. The fourth-order valence-corrected chi connectivity index (χ4v) is 2.89. The molecule has 1 aromatic rings. The molecule has 0 spiro atoms. The van der Waals surface area contributed by atoms with Gasteiger partial charge in [-0.1, -0.05) is 11.6 Å². The monoisotopic (exact) mass is 230 g/mol. The molecule has 0 amide bonds. The molecule has 1 aliphatic rings. The number of nitrogens with two attached hydrogens (primary N) is 1. The van der Waals surface area contributed by atoms with Crippen LogP contribution in [0.25, 0.3) is 0 Å². The van der Waals surface area contributed by atoms with E-state index in [4.69, 9.17) is 17.3 Å². The van der Waals surface area contributed by atoms with Crippen LogP contribution in [-0.4, -0.2) is 24.0 Å². The molecule has 0 radical (unpaired) electrons. The quantitative estimate of drug-likeness (QED) is 0.845. The predicted octanol–water partition coefficient (Wildman–Crippen LogP) is 2.32. The fourth-order valence-electron chi connectivity index (χ4n) is 1.75. The van der Waals surface area contributed by atoms with Gasteiger partial charge in [-0.25, -0.2) is 0 Å². The highest BCUT2D eigenvalue weighted by Gasteiger charge is 2.17. The largest absolute Gasteiger partial charge is 0.328 e. The number of likely N-dealkylation sites (tertiary alicyclic amines) is 1.